The summed E-state index contributed by atoms with van der Waals surface area (Å²) in [6.45, 7) is 6.44. The van der Waals surface area contributed by atoms with E-state index in [1.54, 1.807) is 12.1 Å². The summed E-state index contributed by atoms with van der Waals surface area (Å²) in [6, 6.07) is 13.5. The molecule has 154 valence electrons. The molecule has 0 saturated heterocycles. The van der Waals surface area contributed by atoms with Crippen LogP contribution in [-0.4, -0.2) is 35.7 Å². The molecule has 1 N–H and O–H groups in total. The third-order valence-electron chi connectivity index (χ3n) is 5.28. The lowest BCUT2D eigenvalue weighted by Crippen LogP contribution is -2.18. The van der Waals surface area contributed by atoms with E-state index in [4.69, 9.17) is 4.98 Å². The second kappa shape index (κ2) is 8.44. The Labute approximate surface area is 174 Å². The van der Waals surface area contributed by atoms with Gasteiger partial charge < -0.3 is 4.57 Å². The van der Waals surface area contributed by atoms with E-state index in [9.17, 15) is 4.79 Å². The minimum Gasteiger partial charge on any atom is -0.307 e. The van der Waals surface area contributed by atoms with Crippen LogP contribution in [0.25, 0.3) is 16.7 Å². The standard InChI is InChI=1S/C22H25N7O/c1-4-5-9-16(3)29-20-15(2)8-6-12-19(20)24-22(29)25-21(30)17-10-7-11-18(13-17)28-14-23-26-27-28/h6-8,10-14,16H,4-5,9H2,1-3H3,(H,24,25,30). The molecule has 0 bridgehead atoms. The highest BCUT2D eigenvalue weighted by atomic mass is 16.1. The molecule has 0 aliphatic heterocycles. The average molecular weight is 403 g/mol. The van der Waals surface area contributed by atoms with E-state index in [0.29, 0.717) is 17.2 Å². The molecule has 0 radical (unpaired) electrons. The van der Waals surface area contributed by atoms with Crippen molar-refractivity contribution in [3.8, 4) is 5.69 Å². The van der Waals surface area contributed by atoms with Gasteiger partial charge in [-0.2, -0.15) is 0 Å². The first-order chi connectivity index (χ1) is 14.6. The van der Waals surface area contributed by atoms with Crippen LogP contribution in [0.2, 0.25) is 0 Å². The van der Waals surface area contributed by atoms with Crippen molar-refractivity contribution >= 4 is 22.9 Å². The monoisotopic (exact) mass is 403 g/mol. The summed E-state index contributed by atoms with van der Waals surface area (Å²) in [7, 11) is 0. The second-order valence-electron chi connectivity index (χ2n) is 7.50. The van der Waals surface area contributed by atoms with Gasteiger partial charge in [0, 0.05) is 11.6 Å². The van der Waals surface area contributed by atoms with Crippen molar-refractivity contribution in [2.24, 2.45) is 0 Å². The predicted octanol–water partition coefficient (Wildman–Crippen LogP) is 4.32. The smallest absolute Gasteiger partial charge is 0.258 e. The molecule has 2 aromatic carbocycles. The summed E-state index contributed by atoms with van der Waals surface area (Å²) in [6.07, 6.45) is 4.76. The zero-order valence-corrected chi connectivity index (χ0v) is 17.4. The van der Waals surface area contributed by atoms with Crippen LogP contribution in [-0.2, 0) is 0 Å². The summed E-state index contributed by atoms with van der Waals surface area (Å²) < 4.78 is 3.67. The quantitative estimate of drug-likeness (QED) is 0.496. The number of amides is 1. The van der Waals surface area contributed by atoms with Gasteiger partial charge >= 0.3 is 0 Å². The van der Waals surface area contributed by atoms with Crippen LogP contribution in [0.5, 0.6) is 0 Å². The number of hydrogen-bond acceptors (Lipinski definition) is 5. The van der Waals surface area contributed by atoms with Gasteiger partial charge in [0.1, 0.15) is 6.33 Å². The fourth-order valence-electron chi connectivity index (χ4n) is 3.71. The van der Waals surface area contributed by atoms with Crippen molar-refractivity contribution in [1.82, 2.24) is 29.8 Å². The molecule has 0 saturated carbocycles. The van der Waals surface area contributed by atoms with Gasteiger partial charge in [-0.05, 0) is 60.5 Å². The minimum absolute atomic E-state index is 0.221. The minimum atomic E-state index is -0.221. The van der Waals surface area contributed by atoms with E-state index in [1.165, 1.54) is 11.0 Å². The number of imidazole rings is 1. The van der Waals surface area contributed by atoms with Gasteiger partial charge in [0.05, 0.1) is 16.7 Å². The Morgan fingerprint density at radius 2 is 2.03 bits per heavy atom. The first-order valence-corrected chi connectivity index (χ1v) is 10.2. The molecule has 0 spiro atoms. The van der Waals surface area contributed by atoms with Gasteiger partial charge in [0.2, 0.25) is 5.95 Å². The van der Waals surface area contributed by atoms with E-state index >= 15 is 0 Å². The second-order valence-corrected chi connectivity index (χ2v) is 7.50. The van der Waals surface area contributed by atoms with Crippen molar-refractivity contribution in [2.45, 2.75) is 46.1 Å². The molecule has 2 aromatic heterocycles. The van der Waals surface area contributed by atoms with Crippen molar-refractivity contribution in [3.05, 3.63) is 59.9 Å². The van der Waals surface area contributed by atoms with Gasteiger partial charge in [-0.1, -0.05) is 38.0 Å². The summed E-state index contributed by atoms with van der Waals surface area (Å²) in [5.74, 6) is 0.350. The maximum absolute atomic E-state index is 13.1. The number of fused-ring (bicyclic) bond motifs is 1. The third-order valence-corrected chi connectivity index (χ3v) is 5.28. The van der Waals surface area contributed by atoms with E-state index < -0.39 is 0 Å². The Bertz CT molecular complexity index is 1160. The first-order valence-electron chi connectivity index (χ1n) is 10.2. The SMILES string of the molecule is CCCCC(C)n1c(NC(=O)c2cccc(-n3cnnn3)c2)nc2cccc(C)c21. The van der Waals surface area contributed by atoms with E-state index in [2.05, 4.69) is 52.2 Å². The normalized spacial score (nSPS) is 12.2. The lowest BCUT2D eigenvalue weighted by molar-refractivity contribution is 0.102. The first kappa shape index (κ1) is 19.8. The molecule has 0 fully saturated rings. The molecule has 1 atom stereocenters. The number of rotatable bonds is 7. The van der Waals surface area contributed by atoms with Crippen LogP contribution in [0.1, 0.15) is 55.1 Å². The number of nitrogens with zero attached hydrogens (tertiary/aromatic N) is 6. The number of para-hydroxylation sites is 1. The number of tetrazole rings is 1. The lowest BCUT2D eigenvalue weighted by Gasteiger charge is -2.18. The van der Waals surface area contributed by atoms with Crippen molar-refractivity contribution in [2.75, 3.05) is 5.32 Å². The molecule has 8 heteroatoms. The highest BCUT2D eigenvalue weighted by Gasteiger charge is 2.19. The zero-order chi connectivity index (χ0) is 21.1. The summed E-state index contributed by atoms with van der Waals surface area (Å²) >= 11 is 0. The molecule has 2 heterocycles. The van der Waals surface area contributed by atoms with Crippen LogP contribution in [0.3, 0.4) is 0 Å². The van der Waals surface area contributed by atoms with Gasteiger partial charge in [-0.3, -0.25) is 10.1 Å². The number of benzene rings is 2. The molecule has 4 aromatic rings. The van der Waals surface area contributed by atoms with Crippen molar-refractivity contribution < 1.29 is 4.79 Å². The highest BCUT2D eigenvalue weighted by molar-refractivity contribution is 6.04. The topological polar surface area (TPSA) is 90.5 Å². The Morgan fingerprint density at radius 3 is 2.80 bits per heavy atom. The van der Waals surface area contributed by atoms with Crippen LogP contribution >= 0.6 is 0 Å². The molecule has 1 unspecified atom stereocenters. The van der Waals surface area contributed by atoms with Crippen LogP contribution < -0.4 is 5.32 Å². The maximum atomic E-state index is 13.1. The number of hydrogen-bond donors (Lipinski definition) is 1. The molecule has 0 aliphatic rings. The number of aryl methyl sites for hydroxylation is 1. The van der Waals surface area contributed by atoms with Gasteiger partial charge in [-0.25, -0.2) is 9.67 Å². The number of unbranched alkanes of at least 4 members (excludes halogenated alkanes) is 1. The molecule has 8 nitrogen and oxygen atoms in total. The predicted molar refractivity (Wildman–Crippen MR) is 116 cm³/mol. The summed E-state index contributed by atoms with van der Waals surface area (Å²) in [5, 5.41) is 14.2. The average Bonchev–Trinajstić information content (AvgIpc) is 3.41. The largest absolute Gasteiger partial charge is 0.307 e. The fourth-order valence-corrected chi connectivity index (χ4v) is 3.71. The van der Waals surface area contributed by atoms with Gasteiger partial charge in [0.25, 0.3) is 5.91 Å². The zero-order valence-electron chi connectivity index (χ0n) is 17.4. The van der Waals surface area contributed by atoms with E-state index in [-0.39, 0.29) is 11.9 Å². The van der Waals surface area contributed by atoms with Crippen LogP contribution in [0, 0.1) is 6.92 Å². The number of carbonyl (C=O) groups excluding carboxylic acids is 1. The molecular formula is C22H25N7O. The molecule has 1 amide bonds. The molecule has 0 aliphatic carbocycles. The number of carbonyl (C=O) groups is 1. The third kappa shape index (κ3) is 3.80. The van der Waals surface area contributed by atoms with Gasteiger partial charge in [-0.15, -0.1) is 5.10 Å². The highest BCUT2D eigenvalue weighted by Crippen LogP contribution is 2.29. The van der Waals surface area contributed by atoms with E-state index in [1.807, 2.05) is 24.3 Å². The van der Waals surface area contributed by atoms with Crippen molar-refractivity contribution in [1.29, 1.82) is 0 Å². The number of nitrogens with one attached hydrogen (secondary N) is 1. The van der Waals surface area contributed by atoms with E-state index in [0.717, 1.165) is 35.9 Å². The summed E-state index contributed by atoms with van der Waals surface area (Å²) in [4.78, 5) is 17.8. The van der Waals surface area contributed by atoms with Crippen LogP contribution in [0.15, 0.2) is 48.8 Å². The molecule has 4 rings (SSSR count). The van der Waals surface area contributed by atoms with Crippen LogP contribution in [0.4, 0.5) is 5.95 Å². The number of anilines is 1. The fraction of sp³-hybridized carbons (Fsp3) is 0.318. The molecular weight excluding hydrogens is 378 g/mol. The number of aromatic nitrogens is 6. The Balaban J connectivity index is 1.69. The Kier molecular flexibility index (Phi) is 5.56. The Hall–Kier alpha value is -3.55. The Morgan fingerprint density at radius 1 is 1.20 bits per heavy atom. The lowest BCUT2D eigenvalue weighted by atomic mass is 10.1. The van der Waals surface area contributed by atoms with Crippen molar-refractivity contribution in [3.63, 3.8) is 0 Å². The molecule has 30 heavy (non-hydrogen) atoms. The van der Waals surface area contributed by atoms with Gasteiger partial charge in [0.15, 0.2) is 0 Å². The summed E-state index contributed by atoms with van der Waals surface area (Å²) in [5.41, 5.74) is 4.33. The maximum Gasteiger partial charge on any atom is 0.258 e.